The summed E-state index contributed by atoms with van der Waals surface area (Å²) in [6.45, 7) is 5.72. The van der Waals surface area contributed by atoms with Gasteiger partial charge in [-0.1, -0.05) is 6.92 Å². The fourth-order valence-electron chi connectivity index (χ4n) is 2.43. The van der Waals surface area contributed by atoms with Crippen molar-refractivity contribution in [2.45, 2.75) is 39.3 Å². The summed E-state index contributed by atoms with van der Waals surface area (Å²) in [4.78, 5) is 6.55. The number of aliphatic hydroxyl groups is 1. The average Bonchev–Trinajstić information content (AvgIpc) is 2.33. The first kappa shape index (κ1) is 11.4. The Balaban J connectivity index is 2.21. The Bertz CT molecular complexity index is 354. The van der Waals surface area contributed by atoms with Crippen molar-refractivity contribution in [3.05, 3.63) is 24.0 Å². The molecule has 0 amide bonds. The lowest BCUT2D eigenvalue weighted by Gasteiger charge is -2.39. The molecule has 1 N–H and O–H groups in total. The first-order valence-electron chi connectivity index (χ1n) is 6.05. The van der Waals surface area contributed by atoms with Crippen LogP contribution in [0.1, 0.15) is 32.4 Å². The van der Waals surface area contributed by atoms with Gasteiger partial charge in [-0.05, 0) is 37.8 Å². The molecular weight excluding hydrogens is 200 g/mol. The van der Waals surface area contributed by atoms with E-state index in [1.807, 2.05) is 12.1 Å². The molecule has 0 aliphatic carbocycles. The van der Waals surface area contributed by atoms with Crippen molar-refractivity contribution in [3.8, 4) is 0 Å². The van der Waals surface area contributed by atoms with E-state index in [0.29, 0.717) is 6.04 Å². The second kappa shape index (κ2) is 4.83. The third kappa shape index (κ3) is 2.19. The number of nitrogens with zero attached hydrogens (tertiary/aromatic N) is 2. The van der Waals surface area contributed by atoms with Crippen LogP contribution in [0.25, 0.3) is 0 Å². The van der Waals surface area contributed by atoms with Crippen molar-refractivity contribution in [3.63, 3.8) is 0 Å². The zero-order valence-corrected chi connectivity index (χ0v) is 10.1. The summed E-state index contributed by atoms with van der Waals surface area (Å²) in [5.41, 5.74) is 1.95. The molecule has 0 spiro atoms. The molecule has 1 aliphatic rings. The second-order valence-corrected chi connectivity index (χ2v) is 4.72. The van der Waals surface area contributed by atoms with Gasteiger partial charge in [0, 0.05) is 24.5 Å². The molecule has 0 radical (unpaired) electrons. The van der Waals surface area contributed by atoms with Crippen molar-refractivity contribution in [1.29, 1.82) is 0 Å². The molecular formula is C13H20N2O. The van der Waals surface area contributed by atoms with E-state index in [2.05, 4.69) is 23.7 Å². The van der Waals surface area contributed by atoms with Crippen LogP contribution in [0.2, 0.25) is 0 Å². The van der Waals surface area contributed by atoms with E-state index in [-0.39, 0.29) is 6.61 Å². The molecule has 2 atom stereocenters. The van der Waals surface area contributed by atoms with Crippen LogP contribution in [0.15, 0.2) is 18.3 Å². The largest absolute Gasteiger partial charge is 0.390 e. The van der Waals surface area contributed by atoms with Crippen molar-refractivity contribution in [2.24, 2.45) is 5.92 Å². The summed E-state index contributed by atoms with van der Waals surface area (Å²) in [5, 5.41) is 9.10. The quantitative estimate of drug-likeness (QED) is 0.830. The van der Waals surface area contributed by atoms with E-state index in [0.717, 1.165) is 18.2 Å². The Morgan fingerprint density at radius 1 is 1.50 bits per heavy atom. The van der Waals surface area contributed by atoms with Crippen molar-refractivity contribution in [1.82, 2.24) is 4.98 Å². The molecule has 3 heteroatoms. The highest BCUT2D eigenvalue weighted by Gasteiger charge is 2.24. The highest BCUT2D eigenvalue weighted by molar-refractivity contribution is 5.48. The van der Waals surface area contributed by atoms with E-state index in [1.54, 1.807) is 6.20 Å². The number of aliphatic hydroxyl groups excluding tert-OH is 1. The number of anilines is 1. The summed E-state index contributed by atoms with van der Waals surface area (Å²) < 4.78 is 0. The monoisotopic (exact) mass is 220 g/mol. The lowest BCUT2D eigenvalue weighted by atomic mass is 9.91. The summed E-state index contributed by atoms with van der Waals surface area (Å²) in [7, 11) is 0. The molecule has 2 unspecified atom stereocenters. The number of hydrogen-bond donors (Lipinski definition) is 1. The van der Waals surface area contributed by atoms with E-state index in [1.165, 1.54) is 18.5 Å². The van der Waals surface area contributed by atoms with E-state index in [9.17, 15) is 0 Å². The van der Waals surface area contributed by atoms with Gasteiger partial charge in [-0.2, -0.15) is 0 Å². The molecule has 2 rings (SSSR count). The topological polar surface area (TPSA) is 36.4 Å². The van der Waals surface area contributed by atoms with Gasteiger partial charge in [-0.15, -0.1) is 0 Å². The van der Waals surface area contributed by atoms with Gasteiger partial charge >= 0.3 is 0 Å². The van der Waals surface area contributed by atoms with Crippen LogP contribution in [0.4, 0.5) is 5.69 Å². The molecule has 16 heavy (non-hydrogen) atoms. The minimum absolute atomic E-state index is 0.0195. The number of rotatable bonds is 2. The summed E-state index contributed by atoms with van der Waals surface area (Å²) in [6, 6.07) is 4.60. The fourth-order valence-corrected chi connectivity index (χ4v) is 2.43. The van der Waals surface area contributed by atoms with Gasteiger partial charge in [-0.3, -0.25) is 4.98 Å². The summed E-state index contributed by atoms with van der Waals surface area (Å²) >= 11 is 0. The highest BCUT2D eigenvalue weighted by Crippen LogP contribution is 2.28. The maximum absolute atomic E-state index is 9.10. The van der Waals surface area contributed by atoms with Gasteiger partial charge < -0.3 is 10.0 Å². The standard InChI is InChI=1S/C13H20N2O/c1-10-4-3-7-15(11(10)2)13-5-6-14-12(8-13)9-16/h5-6,8,10-11,16H,3-4,7,9H2,1-2H3. The van der Waals surface area contributed by atoms with Crippen LogP contribution in [-0.2, 0) is 6.61 Å². The number of pyridine rings is 1. The number of hydrogen-bond acceptors (Lipinski definition) is 3. The van der Waals surface area contributed by atoms with Crippen LogP contribution in [0.5, 0.6) is 0 Å². The van der Waals surface area contributed by atoms with Gasteiger partial charge in [0.25, 0.3) is 0 Å². The van der Waals surface area contributed by atoms with Gasteiger partial charge in [-0.25, -0.2) is 0 Å². The van der Waals surface area contributed by atoms with Crippen molar-refractivity contribution < 1.29 is 5.11 Å². The summed E-state index contributed by atoms with van der Waals surface area (Å²) in [5.74, 6) is 0.736. The maximum Gasteiger partial charge on any atom is 0.0853 e. The smallest absolute Gasteiger partial charge is 0.0853 e. The molecule has 2 heterocycles. The number of aromatic nitrogens is 1. The van der Waals surface area contributed by atoms with Crippen molar-refractivity contribution >= 4 is 5.69 Å². The molecule has 1 saturated heterocycles. The van der Waals surface area contributed by atoms with Gasteiger partial charge in [0.15, 0.2) is 0 Å². The molecule has 1 fully saturated rings. The van der Waals surface area contributed by atoms with Crippen LogP contribution in [0.3, 0.4) is 0 Å². The molecule has 1 aromatic rings. The first-order valence-corrected chi connectivity index (χ1v) is 6.05. The van der Waals surface area contributed by atoms with Crippen LogP contribution >= 0.6 is 0 Å². The Hall–Kier alpha value is -1.09. The fraction of sp³-hybridized carbons (Fsp3) is 0.615. The van der Waals surface area contributed by atoms with Crippen molar-refractivity contribution in [2.75, 3.05) is 11.4 Å². The summed E-state index contributed by atoms with van der Waals surface area (Å²) in [6.07, 6.45) is 4.35. The lowest BCUT2D eigenvalue weighted by Crippen LogP contribution is -2.42. The molecule has 88 valence electrons. The van der Waals surface area contributed by atoms with E-state index >= 15 is 0 Å². The number of piperidine rings is 1. The Morgan fingerprint density at radius 2 is 2.31 bits per heavy atom. The Labute approximate surface area is 97.1 Å². The second-order valence-electron chi connectivity index (χ2n) is 4.72. The molecule has 1 aromatic heterocycles. The predicted octanol–water partition coefficient (Wildman–Crippen LogP) is 2.20. The third-order valence-electron chi connectivity index (χ3n) is 3.67. The normalized spacial score (nSPS) is 25.8. The minimum Gasteiger partial charge on any atom is -0.390 e. The van der Waals surface area contributed by atoms with Crippen LogP contribution in [0, 0.1) is 5.92 Å². The molecule has 0 saturated carbocycles. The molecule has 0 aromatic carbocycles. The van der Waals surface area contributed by atoms with Gasteiger partial charge in [0.2, 0.25) is 0 Å². The first-order chi connectivity index (χ1) is 7.72. The predicted molar refractivity (Wildman–Crippen MR) is 65.4 cm³/mol. The van der Waals surface area contributed by atoms with E-state index < -0.39 is 0 Å². The van der Waals surface area contributed by atoms with Crippen LogP contribution < -0.4 is 4.90 Å². The zero-order chi connectivity index (χ0) is 11.5. The maximum atomic E-state index is 9.10. The molecule has 1 aliphatic heterocycles. The van der Waals surface area contributed by atoms with Gasteiger partial charge in [0.1, 0.15) is 0 Å². The Morgan fingerprint density at radius 3 is 3.06 bits per heavy atom. The van der Waals surface area contributed by atoms with E-state index in [4.69, 9.17) is 5.11 Å². The molecule has 3 nitrogen and oxygen atoms in total. The van der Waals surface area contributed by atoms with Crippen LogP contribution in [-0.4, -0.2) is 22.7 Å². The zero-order valence-electron chi connectivity index (χ0n) is 10.1. The van der Waals surface area contributed by atoms with Gasteiger partial charge in [0.05, 0.1) is 12.3 Å². The average molecular weight is 220 g/mol. The third-order valence-corrected chi connectivity index (χ3v) is 3.67. The molecule has 0 bridgehead atoms. The SMILES string of the molecule is CC1CCCN(c2ccnc(CO)c2)C1C. The Kier molecular flexibility index (Phi) is 3.44. The highest BCUT2D eigenvalue weighted by atomic mass is 16.3. The minimum atomic E-state index is 0.0195. The lowest BCUT2D eigenvalue weighted by molar-refractivity contribution is 0.276.